The van der Waals surface area contributed by atoms with Crippen LogP contribution in [0.4, 0.5) is 0 Å². The van der Waals surface area contributed by atoms with Gasteiger partial charge in [-0.2, -0.15) is 0 Å². The molecule has 1 aliphatic heterocycles. The first kappa shape index (κ1) is 27.2. The molecule has 36 heavy (non-hydrogen) atoms. The number of nitrogens with one attached hydrogen (secondary N) is 3. The van der Waals surface area contributed by atoms with E-state index in [1.54, 1.807) is 6.92 Å². The van der Waals surface area contributed by atoms with Gasteiger partial charge in [0.05, 0.1) is 26.2 Å². The van der Waals surface area contributed by atoms with Crippen LogP contribution in [0.2, 0.25) is 0 Å². The second-order valence-electron chi connectivity index (χ2n) is 8.85. The van der Waals surface area contributed by atoms with Crippen LogP contribution in [0.25, 0.3) is 0 Å². The lowest BCUT2D eigenvalue weighted by Crippen LogP contribution is -2.52. The van der Waals surface area contributed by atoms with E-state index in [2.05, 4.69) is 16.0 Å². The van der Waals surface area contributed by atoms with Crippen LogP contribution in [-0.4, -0.2) is 62.8 Å². The van der Waals surface area contributed by atoms with Crippen LogP contribution >= 0.6 is 0 Å². The molecule has 0 radical (unpaired) electrons. The summed E-state index contributed by atoms with van der Waals surface area (Å²) in [5.74, 6) is -0.643. The number of amides is 2. The Bertz CT molecular complexity index is 1020. The van der Waals surface area contributed by atoms with Gasteiger partial charge in [-0.3, -0.25) is 9.59 Å². The molecule has 1 saturated heterocycles. The summed E-state index contributed by atoms with van der Waals surface area (Å²) in [7, 11) is 1.27. The number of hydrogen-bond donors (Lipinski definition) is 3. The highest BCUT2D eigenvalue weighted by molar-refractivity contribution is 5.90. The van der Waals surface area contributed by atoms with E-state index in [1.165, 1.54) is 7.11 Å². The van der Waals surface area contributed by atoms with E-state index >= 15 is 0 Å². The summed E-state index contributed by atoms with van der Waals surface area (Å²) in [6.45, 7) is 5.83. The Morgan fingerprint density at radius 2 is 1.89 bits per heavy atom. The smallest absolute Gasteiger partial charge is 0.328 e. The number of esters is 1. The Labute approximate surface area is 211 Å². The minimum absolute atomic E-state index is 0.153. The Hall–Kier alpha value is -3.43. The number of methoxy groups -OCH3 is 1. The zero-order valence-electron chi connectivity index (χ0n) is 21.0. The van der Waals surface area contributed by atoms with Gasteiger partial charge >= 0.3 is 5.97 Å². The van der Waals surface area contributed by atoms with Crippen LogP contribution in [0.3, 0.4) is 0 Å². The summed E-state index contributed by atoms with van der Waals surface area (Å²) in [6, 6.07) is 13.7. The number of carbonyl (C=O) groups excluding carboxylic acids is 3. The zero-order chi connectivity index (χ0) is 25.9. The van der Waals surface area contributed by atoms with Gasteiger partial charge < -0.3 is 30.2 Å². The van der Waals surface area contributed by atoms with Crippen molar-refractivity contribution in [3.63, 3.8) is 0 Å². The molecule has 1 heterocycles. The number of morpholine rings is 1. The number of carbonyl (C=O) groups is 3. The molecule has 9 heteroatoms. The number of hydrogen-bond acceptors (Lipinski definition) is 7. The molecule has 0 aromatic heterocycles. The summed E-state index contributed by atoms with van der Waals surface area (Å²) in [4.78, 5) is 37.5. The lowest BCUT2D eigenvalue weighted by molar-refractivity contribution is -0.145. The normalized spacial score (nSPS) is 16.9. The quantitative estimate of drug-likeness (QED) is 0.405. The van der Waals surface area contributed by atoms with E-state index in [-0.39, 0.29) is 24.9 Å². The third-order valence-corrected chi connectivity index (χ3v) is 5.92. The van der Waals surface area contributed by atoms with Crippen molar-refractivity contribution in [2.75, 3.05) is 26.8 Å². The third-order valence-electron chi connectivity index (χ3n) is 5.92. The van der Waals surface area contributed by atoms with E-state index < -0.39 is 24.0 Å². The molecule has 0 spiro atoms. The molecule has 0 saturated carbocycles. The van der Waals surface area contributed by atoms with Gasteiger partial charge in [0, 0.05) is 19.5 Å². The van der Waals surface area contributed by atoms with Crippen molar-refractivity contribution in [3.8, 4) is 5.75 Å². The molecule has 0 bridgehead atoms. The molecule has 2 amide bonds. The molecule has 0 aliphatic carbocycles. The van der Waals surface area contributed by atoms with Crippen molar-refractivity contribution in [1.29, 1.82) is 0 Å². The summed E-state index contributed by atoms with van der Waals surface area (Å²) in [5, 5.41) is 8.54. The van der Waals surface area contributed by atoms with E-state index in [9.17, 15) is 14.4 Å². The maximum absolute atomic E-state index is 12.8. The summed E-state index contributed by atoms with van der Waals surface area (Å²) >= 11 is 0. The molecular weight excluding hydrogens is 462 g/mol. The van der Waals surface area contributed by atoms with Crippen LogP contribution in [0.5, 0.6) is 5.75 Å². The molecule has 1 aliphatic rings. The van der Waals surface area contributed by atoms with Crippen LogP contribution in [-0.2, 0) is 36.9 Å². The maximum Gasteiger partial charge on any atom is 0.328 e. The molecule has 2 aromatic carbocycles. The van der Waals surface area contributed by atoms with Gasteiger partial charge in [-0.15, -0.1) is 0 Å². The first-order valence-corrected chi connectivity index (χ1v) is 12.1. The van der Waals surface area contributed by atoms with Gasteiger partial charge in [0.25, 0.3) is 0 Å². The van der Waals surface area contributed by atoms with Gasteiger partial charge in [0.2, 0.25) is 11.8 Å². The van der Waals surface area contributed by atoms with Crippen molar-refractivity contribution in [3.05, 3.63) is 65.2 Å². The predicted octanol–water partition coefficient (Wildman–Crippen LogP) is 1.66. The number of aryl methyl sites for hydroxylation is 1. The van der Waals surface area contributed by atoms with Crippen molar-refractivity contribution in [2.45, 2.75) is 51.5 Å². The van der Waals surface area contributed by atoms with E-state index in [1.807, 2.05) is 55.5 Å². The van der Waals surface area contributed by atoms with Crippen molar-refractivity contribution >= 4 is 17.8 Å². The van der Waals surface area contributed by atoms with Crippen molar-refractivity contribution in [2.24, 2.45) is 0 Å². The number of ether oxygens (including phenoxy) is 3. The Morgan fingerprint density at radius 3 is 2.58 bits per heavy atom. The van der Waals surface area contributed by atoms with Crippen LogP contribution in [0.15, 0.2) is 48.5 Å². The Balaban J connectivity index is 1.58. The lowest BCUT2D eigenvalue weighted by atomic mass is 10.0. The predicted molar refractivity (Wildman–Crippen MR) is 134 cm³/mol. The minimum atomic E-state index is -0.919. The summed E-state index contributed by atoms with van der Waals surface area (Å²) < 4.78 is 16.4. The first-order valence-electron chi connectivity index (χ1n) is 12.1. The largest absolute Gasteiger partial charge is 0.489 e. The monoisotopic (exact) mass is 497 g/mol. The van der Waals surface area contributed by atoms with E-state index in [4.69, 9.17) is 14.2 Å². The molecule has 9 nitrogen and oxygen atoms in total. The molecule has 3 rings (SSSR count). The number of rotatable bonds is 11. The Morgan fingerprint density at radius 1 is 1.11 bits per heavy atom. The van der Waals surface area contributed by atoms with Crippen LogP contribution in [0, 0.1) is 6.92 Å². The highest BCUT2D eigenvalue weighted by Crippen LogP contribution is 2.22. The fraction of sp³-hybridized carbons (Fsp3) is 0.444. The van der Waals surface area contributed by atoms with Gasteiger partial charge in [0.15, 0.2) is 0 Å². The van der Waals surface area contributed by atoms with Crippen molar-refractivity contribution < 1.29 is 28.6 Å². The molecule has 194 valence electrons. The maximum atomic E-state index is 12.8. The fourth-order valence-corrected chi connectivity index (χ4v) is 3.85. The first-order chi connectivity index (χ1) is 17.4. The van der Waals surface area contributed by atoms with Crippen LogP contribution < -0.4 is 20.7 Å². The second kappa shape index (κ2) is 13.6. The number of benzene rings is 2. The minimum Gasteiger partial charge on any atom is -0.489 e. The van der Waals surface area contributed by atoms with Crippen LogP contribution in [0.1, 0.15) is 30.0 Å². The van der Waals surface area contributed by atoms with E-state index in [0.717, 1.165) is 23.2 Å². The average Bonchev–Trinajstić information content (AvgIpc) is 2.89. The average molecular weight is 498 g/mol. The van der Waals surface area contributed by atoms with Gasteiger partial charge in [0.1, 0.15) is 24.4 Å². The molecular formula is C27H35N3O6. The summed E-state index contributed by atoms with van der Waals surface area (Å²) in [6.07, 6.45) is 0.139. The Kier molecular flexibility index (Phi) is 10.3. The molecule has 2 aromatic rings. The molecule has 1 unspecified atom stereocenters. The summed E-state index contributed by atoms with van der Waals surface area (Å²) in [5.41, 5.74) is 2.81. The topological polar surface area (TPSA) is 115 Å². The highest BCUT2D eigenvalue weighted by atomic mass is 16.5. The van der Waals surface area contributed by atoms with Gasteiger partial charge in [-0.05, 0) is 36.6 Å². The zero-order valence-corrected chi connectivity index (χ0v) is 21.0. The second-order valence-corrected chi connectivity index (χ2v) is 8.85. The molecule has 1 fully saturated rings. The standard InChI is InChI=1S/C27H35N3O6/c1-18-9-10-21(14-24(18)36-17-20-7-5-4-6-8-20)13-23(27(33)34-3)30-26(32)19(2)29-25(31)15-22-16-28-11-12-35-22/h4-10,14,19,22-23,28H,11-13,15-17H2,1-3H3,(H,29,31)(H,30,32)/t19-,22?,23-/m0/s1. The SMILES string of the molecule is COC(=O)[C@H](Cc1ccc(C)c(OCc2ccccc2)c1)NC(=O)[C@H](C)NC(=O)CC1CNCCO1. The van der Waals surface area contributed by atoms with Gasteiger partial charge in [-0.25, -0.2) is 4.79 Å². The molecule has 3 atom stereocenters. The molecule has 3 N–H and O–H groups in total. The third kappa shape index (κ3) is 8.35. The van der Waals surface area contributed by atoms with Gasteiger partial charge in [-0.1, -0.05) is 42.5 Å². The lowest BCUT2D eigenvalue weighted by Gasteiger charge is -2.24. The highest BCUT2D eigenvalue weighted by Gasteiger charge is 2.26. The van der Waals surface area contributed by atoms with E-state index in [0.29, 0.717) is 25.5 Å². The fourth-order valence-electron chi connectivity index (χ4n) is 3.85. The van der Waals surface area contributed by atoms with Crippen molar-refractivity contribution in [1.82, 2.24) is 16.0 Å².